The Balaban J connectivity index is 1.45. The lowest BCUT2D eigenvalue weighted by molar-refractivity contribution is -0.122. The Hall–Kier alpha value is -1.36. The SMILES string of the molecule is Cn1ccnc1CN(CCC(=O)NC1CCCCCC1)C1CC1. The number of imidazole rings is 1. The van der Waals surface area contributed by atoms with E-state index in [2.05, 4.69) is 19.8 Å². The molecule has 1 aromatic heterocycles. The third-order valence-corrected chi connectivity index (χ3v) is 5.18. The molecule has 0 saturated heterocycles. The zero-order chi connectivity index (χ0) is 16.1. The van der Waals surface area contributed by atoms with Crippen LogP contribution in [0.5, 0.6) is 0 Å². The Morgan fingerprint density at radius 2 is 2.00 bits per heavy atom. The van der Waals surface area contributed by atoms with Crippen molar-refractivity contribution >= 4 is 5.91 Å². The van der Waals surface area contributed by atoms with Crippen molar-refractivity contribution in [1.29, 1.82) is 0 Å². The minimum Gasteiger partial charge on any atom is -0.353 e. The molecule has 0 radical (unpaired) electrons. The van der Waals surface area contributed by atoms with Gasteiger partial charge in [0.1, 0.15) is 5.82 Å². The van der Waals surface area contributed by atoms with E-state index < -0.39 is 0 Å². The van der Waals surface area contributed by atoms with E-state index >= 15 is 0 Å². The maximum atomic E-state index is 12.3. The van der Waals surface area contributed by atoms with Crippen molar-refractivity contribution in [1.82, 2.24) is 19.8 Å². The van der Waals surface area contributed by atoms with E-state index in [1.807, 2.05) is 19.4 Å². The molecule has 1 heterocycles. The van der Waals surface area contributed by atoms with Crippen molar-refractivity contribution in [3.05, 3.63) is 18.2 Å². The molecule has 0 aliphatic heterocycles. The summed E-state index contributed by atoms with van der Waals surface area (Å²) in [6.07, 6.45) is 14.4. The molecular formula is C18H30N4O. The highest BCUT2D eigenvalue weighted by molar-refractivity contribution is 5.76. The molecule has 2 aliphatic rings. The fraction of sp³-hybridized carbons (Fsp3) is 0.778. The molecule has 128 valence electrons. The number of rotatable bonds is 7. The predicted molar refractivity (Wildman–Crippen MR) is 90.9 cm³/mol. The average molecular weight is 318 g/mol. The molecule has 1 amide bonds. The number of aromatic nitrogens is 2. The second-order valence-corrected chi connectivity index (χ2v) is 7.16. The van der Waals surface area contributed by atoms with Gasteiger partial charge in [0.25, 0.3) is 0 Å². The van der Waals surface area contributed by atoms with Crippen molar-refractivity contribution in [3.8, 4) is 0 Å². The molecule has 5 heteroatoms. The Morgan fingerprint density at radius 3 is 2.61 bits per heavy atom. The zero-order valence-corrected chi connectivity index (χ0v) is 14.3. The number of nitrogens with zero attached hydrogens (tertiary/aromatic N) is 3. The highest BCUT2D eigenvalue weighted by Gasteiger charge is 2.30. The minimum absolute atomic E-state index is 0.224. The highest BCUT2D eigenvalue weighted by atomic mass is 16.1. The molecule has 3 rings (SSSR count). The van der Waals surface area contributed by atoms with E-state index in [4.69, 9.17) is 0 Å². The lowest BCUT2D eigenvalue weighted by Gasteiger charge is -2.22. The summed E-state index contributed by atoms with van der Waals surface area (Å²) in [6, 6.07) is 1.06. The van der Waals surface area contributed by atoms with Gasteiger partial charge in [-0.2, -0.15) is 0 Å². The lowest BCUT2D eigenvalue weighted by atomic mass is 10.1. The number of hydrogen-bond donors (Lipinski definition) is 1. The summed E-state index contributed by atoms with van der Waals surface area (Å²) in [5.41, 5.74) is 0. The molecule has 2 aliphatic carbocycles. The van der Waals surface area contributed by atoms with E-state index in [0.717, 1.165) is 31.8 Å². The van der Waals surface area contributed by atoms with Gasteiger partial charge in [0.05, 0.1) is 6.54 Å². The maximum Gasteiger partial charge on any atom is 0.221 e. The largest absolute Gasteiger partial charge is 0.353 e. The standard InChI is InChI=1S/C18H30N4O/c1-21-13-11-19-17(21)14-22(16-8-9-16)12-10-18(23)20-15-6-4-2-3-5-7-15/h11,13,15-16H,2-10,12,14H2,1H3,(H,20,23). The van der Waals surface area contributed by atoms with E-state index in [1.165, 1.54) is 38.5 Å². The van der Waals surface area contributed by atoms with Gasteiger partial charge in [0.2, 0.25) is 5.91 Å². The van der Waals surface area contributed by atoms with E-state index in [1.54, 1.807) is 0 Å². The normalized spacial score (nSPS) is 19.7. The van der Waals surface area contributed by atoms with Gasteiger partial charge in [-0.1, -0.05) is 25.7 Å². The Morgan fingerprint density at radius 1 is 1.26 bits per heavy atom. The first-order valence-corrected chi connectivity index (χ1v) is 9.22. The summed E-state index contributed by atoms with van der Waals surface area (Å²) < 4.78 is 2.07. The number of nitrogens with one attached hydrogen (secondary N) is 1. The quantitative estimate of drug-likeness (QED) is 0.786. The minimum atomic E-state index is 0.224. The van der Waals surface area contributed by atoms with Gasteiger partial charge in [-0.05, 0) is 25.7 Å². The van der Waals surface area contributed by atoms with Crippen molar-refractivity contribution in [2.45, 2.75) is 76.4 Å². The molecule has 1 aromatic rings. The molecule has 0 spiro atoms. The van der Waals surface area contributed by atoms with E-state index in [-0.39, 0.29) is 5.91 Å². The molecule has 1 N–H and O–H groups in total. The summed E-state index contributed by atoms with van der Waals surface area (Å²) in [6.45, 7) is 1.70. The Kier molecular flexibility index (Phi) is 5.70. The third-order valence-electron chi connectivity index (χ3n) is 5.18. The molecule has 2 fully saturated rings. The summed E-state index contributed by atoms with van der Waals surface area (Å²) in [4.78, 5) is 19.1. The number of amides is 1. The fourth-order valence-electron chi connectivity index (χ4n) is 3.53. The van der Waals surface area contributed by atoms with Crippen LogP contribution in [0.4, 0.5) is 0 Å². The average Bonchev–Trinajstić information content (AvgIpc) is 3.33. The van der Waals surface area contributed by atoms with E-state index in [9.17, 15) is 4.79 Å². The monoisotopic (exact) mass is 318 g/mol. The van der Waals surface area contributed by atoms with Crippen LogP contribution in [0.1, 0.15) is 63.6 Å². The zero-order valence-electron chi connectivity index (χ0n) is 14.3. The smallest absolute Gasteiger partial charge is 0.221 e. The van der Waals surface area contributed by atoms with Crippen LogP contribution in [0.15, 0.2) is 12.4 Å². The lowest BCUT2D eigenvalue weighted by Crippen LogP contribution is -2.37. The number of carbonyl (C=O) groups excluding carboxylic acids is 1. The van der Waals surface area contributed by atoms with Gasteiger partial charge in [-0.15, -0.1) is 0 Å². The predicted octanol–water partition coefficient (Wildman–Crippen LogP) is 2.61. The van der Waals surface area contributed by atoms with Gasteiger partial charge in [-0.25, -0.2) is 4.98 Å². The van der Waals surface area contributed by atoms with Crippen LogP contribution in [0.2, 0.25) is 0 Å². The van der Waals surface area contributed by atoms with Crippen LogP contribution in [0.3, 0.4) is 0 Å². The van der Waals surface area contributed by atoms with Crippen LogP contribution in [-0.4, -0.2) is 39.0 Å². The van der Waals surface area contributed by atoms with Gasteiger partial charge < -0.3 is 9.88 Å². The Labute approximate surface area is 139 Å². The molecular weight excluding hydrogens is 288 g/mol. The van der Waals surface area contributed by atoms with Gasteiger partial charge in [0.15, 0.2) is 0 Å². The second kappa shape index (κ2) is 7.95. The summed E-state index contributed by atoms with van der Waals surface area (Å²) in [5, 5.41) is 3.26. The summed E-state index contributed by atoms with van der Waals surface area (Å²) >= 11 is 0. The van der Waals surface area contributed by atoms with Crippen LogP contribution in [-0.2, 0) is 18.4 Å². The van der Waals surface area contributed by atoms with Crippen molar-refractivity contribution < 1.29 is 4.79 Å². The number of carbonyl (C=O) groups is 1. The molecule has 0 unspecified atom stereocenters. The fourth-order valence-corrected chi connectivity index (χ4v) is 3.53. The molecule has 23 heavy (non-hydrogen) atoms. The first-order chi connectivity index (χ1) is 11.2. The topological polar surface area (TPSA) is 50.2 Å². The van der Waals surface area contributed by atoms with Crippen LogP contribution in [0, 0.1) is 0 Å². The van der Waals surface area contributed by atoms with Crippen LogP contribution < -0.4 is 5.32 Å². The van der Waals surface area contributed by atoms with Crippen molar-refractivity contribution in [2.75, 3.05) is 6.54 Å². The van der Waals surface area contributed by atoms with Crippen LogP contribution in [0.25, 0.3) is 0 Å². The molecule has 2 saturated carbocycles. The van der Waals surface area contributed by atoms with Crippen LogP contribution >= 0.6 is 0 Å². The first kappa shape index (κ1) is 16.5. The molecule has 0 atom stereocenters. The molecule has 5 nitrogen and oxygen atoms in total. The summed E-state index contributed by atoms with van der Waals surface area (Å²) in [7, 11) is 2.03. The highest BCUT2D eigenvalue weighted by Crippen LogP contribution is 2.28. The van der Waals surface area contributed by atoms with Crippen molar-refractivity contribution in [2.24, 2.45) is 7.05 Å². The molecule has 0 aromatic carbocycles. The van der Waals surface area contributed by atoms with Gasteiger partial charge in [0, 0.05) is 44.5 Å². The third kappa shape index (κ3) is 5.06. The summed E-state index contributed by atoms with van der Waals surface area (Å²) in [5.74, 6) is 1.31. The Bertz CT molecular complexity index is 501. The maximum absolute atomic E-state index is 12.3. The number of aryl methyl sites for hydroxylation is 1. The second-order valence-electron chi connectivity index (χ2n) is 7.16. The van der Waals surface area contributed by atoms with Crippen molar-refractivity contribution in [3.63, 3.8) is 0 Å². The van der Waals surface area contributed by atoms with Gasteiger partial charge in [-0.3, -0.25) is 9.69 Å². The first-order valence-electron chi connectivity index (χ1n) is 9.22. The van der Waals surface area contributed by atoms with E-state index in [0.29, 0.717) is 18.5 Å². The van der Waals surface area contributed by atoms with Gasteiger partial charge >= 0.3 is 0 Å². The molecule has 0 bridgehead atoms. The number of hydrogen-bond acceptors (Lipinski definition) is 3.